The molecular weight excluding hydrogens is 273 g/mol. The van der Waals surface area contributed by atoms with E-state index < -0.39 is 0 Å². The van der Waals surface area contributed by atoms with Crippen LogP contribution in [0.5, 0.6) is 0 Å². The molecule has 1 N–H and O–H groups in total. The minimum atomic E-state index is -0.281. The average Bonchev–Trinajstić information content (AvgIpc) is 2.35. The quantitative estimate of drug-likeness (QED) is 0.749. The van der Waals surface area contributed by atoms with Crippen molar-refractivity contribution in [3.63, 3.8) is 0 Å². The fourth-order valence-corrected chi connectivity index (χ4v) is 3.37. The molecule has 0 aliphatic heterocycles. The zero-order valence-corrected chi connectivity index (χ0v) is 13.4. The molecule has 1 nitrogen and oxygen atoms in total. The minimum Gasteiger partial charge on any atom is -0.385 e. The number of hydrogen-bond donors (Lipinski definition) is 1. The summed E-state index contributed by atoms with van der Waals surface area (Å²) in [6, 6.07) is 4.62. The zero-order valence-electron chi connectivity index (χ0n) is 12.7. The molecule has 1 saturated carbocycles. The summed E-state index contributed by atoms with van der Waals surface area (Å²) in [5.74, 6) is 1.24. The van der Waals surface area contributed by atoms with Gasteiger partial charge in [0.25, 0.3) is 0 Å². The lowest BCUT2D eigenvalue weighted by Crippen LogP contribution is -2.28. The molecule has 0 aromatic heterocycles. The summed E-state index contributed by atoms with van der Waals surface area (Å²) in [6.07, 6.45) is 5.13. The first kappa shape index (κ1) is 15.6. The monoisotopic (exact) mass is 297 g/mol. The third-order valence-corrected chi connectivity index (χ3v) is 4.75. The maximum Gasteiger partial charge on any atom is 0.126 e. The molecule has 1 aromatic rings. The highest BCUT2D eigenvalue weighted by Gasteiger charge is 2.29. The van der Waals surface area contributed by atoms with Crippen molar-refractivity contribution in [3.05, 3.63) is 29.0 Å². The number of rotatable bonds is 3. The van der Waals surface area contributed by atoms with Crippen LogP contribution in [0.1, 0.15) is 46.5 Å². The first-order valence-corrected chi connectivity index (χ1v) is 7.92. The van der Waals surface area contributed by atoms with Crippen molar-refractivity contribution in [2.45, 2.75) is 46.5 Å². The van der Waals surface area contributed by atoms with Gasteiger partial charge in [0.15, 0.2) is 0 Å². The van der Waals surface area contributed by atoms with Crippen LogP contribution in [0.4, 0.5) is 10.1 Å². The topological polar surface area (TPSA) is 12.0 Å². The van der Waals surface area contributed by atoms with Gasteiger partial charge in [0, 0.05) is 17.3 Å². The van der Waals surface area contributed by atoms with Crippen LogP contribution in [0.3, 0.4) is 0 Å². The molecule has 3 heteroatoms. The molecule has 112 valence electrons. The molecule has 0 heterocycles. The fraction of sp³-hybridized carbons (Fsp3) is 0.647. The van der Waals surface area contributed by atoms with E-state index in [9.17, 15) is 4.39 Å². The standard InChI is InChI=1S/C17H25ClFN/c1-17(2,3)13-6-4-12(5-7-13)11-20-16-9-14(18)8-15(19)10-16/h8-10,12-13,20H,4-7,11H2,1-3H3. The summed E-state index contributed by atoms with van der Waals surface area (Å²) < 4.78 is 13.3. The number of halogens is 2. The lowest BCUT2D eigenvalue weighted by molar-refractivity contribution is 0.153. The van der Waals surface area contributed by atoms with Crippen LogP contribution < -0.4 is 5.32 Å². The van der Waals surface area contributed by atoms with Gasteiger partial charge in [-0.3, -0.25) is 0 Å². The number of nitrogens with one attached hydrogen (secondary N) is 1. The summed E-state index contributed by atoms with van der Waals surface area (Å²) in [5.41, 5.74) is 1.21. The summed E-state index contributed by atoms with van der Waals surface area (Å²) in [4.78, 5) is 0. The Labute approximate surface area is 126 Å². The Morgan fingerprint density at radius 3 is 2.35 bits per heavy atom. The van der Waals surface area contributed by atoms with E-state index in [0.29, 0.717) is 16.4 Å². The molecular formula is C17H25ClFN. The predicted octanol–water partition coefficient (Wildman–Crippen LogP) is 5.74. The molecule has 0 radical (unpaired) electrons. The molecule has 0 amide bonds. The Bertz CT molecular complexity index is 425. The van der Waals surface area contributed by atoms with Crippen LogP contribution in [0.2, 0.25) is 5.02 Å². The Morgan fingerprint density at radius 2 is 1.80 bits per heavy atom. The largest absolute Gasteiger partial charge is 0.385 e. The molecule has 1 aliphatic carbocycles. The second-order valence-electron chi connectivity index (χ2n) is 7.12. The van der Waals surface area contributed by atoms with Crippen LogP contribution in [0, 0.1) is 23.1 Å². The van der Waals surface area contributed by atoms with Crippen molar-refractivity contribution < 1.29 is 4.39 Å². The average molecular weight is 298 g/mol. The Kier molecular flexibility index (Phi) is 4.95. The van der Waals surface area contributed by atoms with Crippen molar-refractivity contribution in [3.8, 4) is 0 Å². The van der Waals surface area contributed by atoms with E-state index in [1.807, 2.05) is 0 Å². The van der Waals surface area contributed by atoms with Crippen molar-refractivity contribution >= 4 is 17.3 Å². The van der Waals surface area contributed by atoms with Gasteiger partial charge in [-0.1, -0.05) is 32.4 Å². The minimum absolute atomic E-state index is 0.281. The molecule has 0 unspecified atom stereocenters. The first-order valence-electron chi connectivity index (χ1n) is 7.54. The second-order valence-corrected chi connectivity index (χ2v) is 7.56. The van der Waals surface area contributed by atoms with E-state index >= 15 is 0 Å². The van der Waals surface area contributed by atoms with Gasteiger partial charge in [0.1, 0.15) is 5.82 Å². The number of benzene rings is 1. The van der Waals surface area contributed by atoms with Crippen LogP contribution in [0.25, 0.3) is 0 Å². The van der Waals surface area contributed by atoms with Crippen LogP contribution in [-0.4, -0.2) is 6.54 Å². The second kappa shape index (κ2) is 6.34. The summed E-state index contributed by atoms with van der Waals surface area (Å²) in [6.45, 7) is 7.93. The normalized spacial score (nSPS) is 23.6. The molecule has 0 bridgehead atoms. The molecule has 1 fully saturated rings. The van der Waals surface area contributed by atoms with E-state index in [0.717, 1.165) is 18.2 Å². The smallest absolute Gasteiger partial charge is 0.126 e. The van der Waals surface area contributed by atoms with E-state index in [-0.39, 0.29) is 5.82 Å². The number of anilines is 1. The van der Waals surface area contributed by atoms with Gasteiger partial charge < -0.3 is 5.32 Å². The molecule has 1 aliphatic rings. The maximum atomic E-state index is 13.3. The lowest BCUT2D eigenvalue weighted by Gasteiger charge is -2.37. The van der Waals surface area contributed by atoms with Crippen molar-refractivity contribution in [1.29, 1.82) is 0 Å². The SMILES string of the molecule is CC(C)(C)C1CCC(CNc2cc(F)cc(Cl)c2)CC1. The van der Waals surface area contributed by atoms with Gasteiger partial charge in [-0.25, -0.2) is 4.39 Å². The molecule has 0 spiro atoms. The Balaban J connectivity index is 1.81. The summed E-state index contributed by atoms with van der Waals surface area (Å²) in [5, 5.41) is 3.77. The van der Waals surface area contributed by atoms with E-state index in [1.165, 1.54) is 37.8 Å². The molecule has 0 atom stereocenters. The summed E-state index contributed by atoms with van der Waals surface area (Å²) >= 11 is 5.86. The van der Waals surface area contributed by atoms with Gasteiger partial charge in [0.2, 0.25) is 0 Å². The third kappa shape index (κ3) is 4.37. The first-order chi connectivity index (χ1) is 9.34. The highest BCUT2D eigenvalue weighted by molar-refractivity contribution is 6.30. The maximum absolute atomic E-state index is 13.3. The highest BCUT2D eigenvalue weighted by atomic mass is 35.5. The fourth-order valence-electron chi connectivity index (χ4n) is 3.15. The Hall–Kier alpha value is -0.760. The van der Waals surface area contributed by atoms with Crippen LogP contribution >= 0.6 is 11.6 Å². The molecule has 20 heavy (non-hydrogen) atoms. The third-order valence-electron chi connectivity index (χ3n) is 4.53. The van der Waals surface area contributed by atoms with Crippen LogP contribution in [0.15, 0.2) is 18.2 Å². The van der Waals surface area contributed by atoms with E-state index in [2.05, 4.69) is 26.1 Å². The van der Waals surface area contributed by atoms with Crippen LogP contribution in [-0.2, 0) is 0 Å². The van der Waals surface area contributed by atoms with Gasteiger partial charge in [-0.2, -0.15) is 0 Å². The van der Waals surface area contributed by atoms with Crippen molar-refractivity contribution in [1.82, 2.24) is 0 Å². The van der Waals surface area contributed by atoms with Crippen molar-refractivity contribution in [2.24, 2.45) is 17.3 Å². The molecule has 2 rings (SSSR count). The zero-order chi connectivity index (χ0) is 14.8. The van der Waals surface area contributed by atoms with Crippen molar-refractivity contribution in [2.75, 3.05) is 11.9 Å². The van der Waals surface area contributed by atoms with Gasteiger partial charge >= 0.3 is 0 Å². The lowest BCUT2D eigenvalue weighted by atomic mass is 9.70. The Morgan fingerprint density at radius 1 is 1.15 bits per heavy atom. The number of hydrogen-bond acceptors (Lipinski definition) is 1. The molecule has 0 saturated heterocycles. The van der Waals surface area contributed by atoms with Gasteiger partial charge in [0.05, 0.1) is 0 Å². The van der Waals surface area contributed by atoms with Gasteiger partial charge in [-0.15, -0.1) is 0 Å². The predicted molar refractivity (Wildman–Crippen MR) is 84.8 cm³/mol. The van der Waals surface area contributed by atoms with E-state index in [4.69, 9.17) is 11.6 Å². The molecule has 1 aromatic carbocycles. The van der Waals surface area contributed by atoms with E-state index in [1.54, 1.807) is 6.07 Å². The van der Waals surface area contributed by atoms with Gasteiger partial charge in [-0.05, 0) is 61.1 Å². The highest BCUT2D eigenvalue weighted by Crippen LogP contribution is 2.39. The summed E-state index contributed by atoms with van der Waals surface area (Å²) in [7, 11) is 0.